The molecule has 1 saturated carbocycles. The van der Waals surface area contributed by atoms with Gasteiger partial charge in [-0.1, -0.05) is 154 Å². The quantitative estimate of drug-likeness (QED) is 0.163. The van der Waals surface area contributed by atoms with Crippen LogP contribution in [0.3, 0.4) is 0 Å². The van der Waals surface area contributed by atoms with Crippen LogP contribution in [0, 0.1) is 0 Å². The lowest BCUT2D eigenvalue weighted by Gasteiger charge is -2.52. The Labute approximate surface area is 362 Å². The van der Waals surface area contributed by atoms with Gasteiger partial charge in [0, 0.05) is 33.7 Å². The second kappa shape index (κ2) is 12.7. The Bertz CT molecular complexity index is 2530. The minimum atomic E-state index is -0.0922. The zero-order valence-corrected chi connectivity index (χ0v) is 40.0. The fourth-order valence-corrected chi connectivity index (χ4v) is 11.2. The first kappa shape index (κ1) is 41.1. The Kier molecular flexibility index (Phi) is 8.68. The highest BCUT2D eigenvalue weighted by Crippen LogP contribution is 2.63. The Morgan fingerprint density at radius 3 is 1.72 bits per heavy atom. The van der Waals surface area contributed by atoms with Crippen LogP contribution in [-0.2, 0) is 32.5 Å². The van der Waals surface area contributed by atoms with Crippen LogP contribution in [0.1, 0.15) is 177 Å². The molecule has 1 aliphatic carbocycles. The van der Waals surface area contributed by atoms with Gasteiger partial charge in [0.05, 0.1) is 11.1 Å². The van der Waals surface area contributed by atoms with Gasteiger partial charge in [0.2, 0.25) is 11.8 Å². The third-order valence-corrected chi connectivity index (χ3v) is 15.2. The molecule has 4 aliphatic rings. The third-order valence-electron chi connectivity index (χ3n) is 15.2. The molecule has 0 saturated heterocycles. The fourth-order valence-electron chi connectivity index (χ4n) is 11.2. The molecule has 9 rings (SSSR count). The zero-order chi connectivity index (χ0) is 43.5. The predicted molar refractivity (Wildman–Crippen MR) is 258 cm³/mol. The summed E-state index contributed by atoms with van der Waals surface area (Å²) in [5, 5.41) is 0. The summed E-state index contributed by atoms with van der Waals surface area (Å²) in [6.45, 7) is 40.3. The number of oxazole rings is 1. The number of nitrogens with zero attached hydrogens (tertiary/aromatic N) is 3. The monoisotopic (exact) mass is 800 g/mol. The summed E-state index contributed by atoms with van der Waals surface area (Å²) in [6, 6.07) is 26.3. The summed E-state index contributed by atoms with van der Waals surface area (Å²) >= 11 is 0. The lowest BCUT2D eigenvalue weighted by atomic mass is 9.35. The molecule has 0 amide bonds. The number of anilines is 5. The van der Waals surface area contributed by atoms with Crippen LogP contribution in [0.15, 0.2) is 71.1 Å². The normalized spacial score (nSPS) is 21.2. The van der Waals surface area contributed by atoms with Gasteiger partial charge in [0.25, 0.3) is 6.71 Å². The maximum absolute atomic E-state index is 7.32. The number of rotatable bonds is 2. The molecule has 5 heteroatoms. The van der Waals surface area contributed by atoms with Crippen molar-refractivity contribution in [2.24, 2.45) is 0 Å². The topological polar surface area (TPSA) is 32.5 Å². The maximum Gasteiger partial charge on any atom is 0.279 e. The molecule has 0 spiro atoms. The van der Waals surface area contributed by atoms with E-state index in [1.165, 1.54) is 75.1 Å². The van der Waals surface area contributed by atoms with Crippen molar-refractivity contribution < 1.29 is 4.42 Å². The molecule has 60 heavy (non-hydrogen) atoms. The molecule has 1 fully saturated rings. The van der Waals surface area contributed by atoms with E-state index in [1.807, 2.05) is 0 Å². The van der Waals surface area contributed by atoms with Crippen LogP contribution in [-0.4, -0.2) is 17.2 Å². The van der Waals surface area contributed by atoms with Crippen LogP contribution in [0.2, 0.25) is 0 Å². The van der Waals surface area contributed by atoms with Crippen molar-refractivity contribution in [2.45, 2.75) is 181 Å². The fraction of sp³-hybridized carbons (Fsp3) is 0.509. The summed E-state index contributed by atoms with van der Waals surface area (Å²) in [6.07, 6.45) is 4.86. The van der Waals surface area contributed by atoms with E-state index in [0.717, 1.165) is 29.1 Å². The molecule has 4 aromatic carbocycles. The van der Waals surface area contributed by atoms with Gasteiger partial charge in [-0.15, -0.1) is 0 Å². The van der Waals surface area contributed by atoms with E-state index in [4.69, 9.17) is 9.40 Å². The first-order chi connectivity index (χ1) is 27.6. The van der Waals surface area contributed by atoms with Gasteiger partial charge in [-0.3, -0.25) is 4.90 Å². The summed E-state index contributed by atoms with van der Waals surface area (Å²) in [5.74, 6) is 1.51. The molecule has 2 atom stereocenters. The van der Waals surface area contributed by atoms with Crippen molar-refractivity contribution >= 4 is 51.9 Å². The molecule has 0 bridgehead atoms. The lowest BCUT2D eigenvalue weighted by molar-refractivity contribution is 0.193. The zero-order valence-electron chi connectivity index (χ0n) is 40.0. The number of fused-ring (bicyclic) bond motifs is 7. The molecule has 4 nitrogen and oxygen atoms in total. The molecule has 1 aromatic heterocycles. The van der Waals surface area contributed by atoms with E-state index >= 15 is 0 Å². The molecular formula is C55H70BN3O. The standard InChI is InChI=1S/C55H70BN3O/c1-49(2,3)34-22-20-33(21-23-34)47-57-46-48(60-47)58(38-29-35(50(4,5)6)28-36(30-38)51(7,8)9)41-31-37(52(10,11)12)32-42-44(41)56(46)40-25-24-39(53(13,14)15)43-45(40)59(42)55(17)27-19-18-26-54(43,55)16/h20-25,28-32H,18-19,26-27H2,1-17H3. The summed E-state index contributed by atoms with van der Waals surface area (Å²) in [4.78, 5) is 11.0. The summed E-state index contributed by atoms with van der Waals surface area (Å²) in [5.41, 5.74) is 18.0. The van der Waals surface area contributed by atoms with Crippen LogP contribution < -0.4 is 26.3 Å². The number of benzene rings is 4. The molecule has 4 heterocycles. The molecule has 5 aromatic rings. The Balaban J connectivity index is 1.42. The highest BCUT2D eigenvalue weighted by atomic mass is 16.4. The second-order valence-electron chi connectivity index (χ2n) is 24.6. The molecule has 314 valence electrons. The number of hydrogen-bond donors (Lipinski definition) is 0. The Morgan fingerprint density at radius 2 is 1.15 bits per heavy atom. The number of aromatic nitrogens is 1. The van der Waals surface area contributed by atoms with E-state index in [1.54, 1.807) is 5.56 Å². The van der Waals surface area contributed by atoms with E-state index in [2.05, 4.69) is 194 Å². The van der Waals surface area contributed by atoms with Crippen molar-refractivity contribution in [3.05, 3.63) is 100 Å². The van der Waals surface area contributed by atoms with E-state index < -0.39 is 0 Å². The average Bonchev–Trinajstić information content (AvgIpc) is 3.67. The lowest BCUT2D eigenvalue weighted by Crippen LogP contribution is -2.64. The van der Waals surface area contributed by atoms with Gasteiger partial charge in [-0.2, -0.15) is 0 Å². The van der Waals surface area contributed by atoms with Gasteiger partial charge in [0.1, 0.15) is 0 Å². The highest BCUT2D eigenvalue weighted by molar-refractivity contribution is 6.99. The van der Waals surface area contributed by atoms with E-state index in [0.29, 0.717) is 5.89 Å². The van der Waals surface area contributed by atoms with Gasteiger partial charge >= 0.3 is 0 Å². The van der Waals surface area contributed by atoms with Crippen LogP contribution >= 0.6 is 0 Å². The van der Waals surface area contributed by atoms with Crippen molar-refractivity contribution in [1.29, 1.82) is 0 Å². The van der Waals surface area contributed by atoms with Gasteiger partial charge in [-0.05, 0) is 128 Å². The minimum Gasteiger partial charge on any atom is -0.420 e. The van der Waals surface area contributed by atoms with E-state index in [9.17, 15) is 0 Å². The minimum absolute atomic E-state index is 0.00191. The molecular weight excluding hydrogens is 729 g/mol. The summed E-state index contributed by atoms with van der Waals surface area (Å²) in [7, 11) is 0. The predicted octanol–water partition coefficient (Wildman–Crippen LogP) is 13.2. The molecule has 2 unspecified atom stereocenters. The second-order valence-corrected chi connectivity index (χ2v) is 24.6. The first-order valence-corrected chi connectivity index (χ1v) is 22.9. The van der Waals surface area contributed by atoms with Crippen LogP contribution in [0.5, 0.6) is 0 Å². The third kappa shape index (κ3) is 5.94. The SMILES string of the molecule is CC(C)(C)c1ccc(-c2nc3c(o2)N(c2cc(C(C)(C)C)cc(C(C)(C)C)c2)c2cc(C(C)(C)C)cc4c2B3c2ccc(C(C)(C)C)c3c2N4C2(C)CCCCC32C)cc1. The van der Waals surface area contributed by atoms with Crippen LogP contribution in [0.4, 0.5) is 28.6 Å². The van der Waals surface area contributed by atoms with Crippen molar-refractivity contribution in [2.75, 3.05) is 9.80 Å². The van der Waals surface area contributed by atoms with Crippen molar-refractivity contribution in [1.82, 2.24) is 4.98 Å². The maximum atomic E-state index is 7.32. The average molecular weight is 800 g/mol. The van der Waals surface area contributed by atoms with E-state index in [-0.39, 0.29) is 44.7 Å². The van der Waals surface area contributed by atoms with Crippen molar-refractivity contribution in [3.63, 3.8) is 0 Å². The van der Waals surface area contributed by atoms with Crippen LogP contribution in [0.25, 0.3) is 11.5 Å². The molecule has 0 N–H and O–H groups in total. The molecule has 3 aliphatic heterocycles. The molecule has 0 radical (unpaired) electrons. The van der Waals surface area contributed by atoms with Gasteiger partial charge in [0.15, 0.2) is 0 Å². The van der Waals surface area contributed by atoms with Crippen molar-refractivity contribution in [3.8, 4) is 11.5 Å². The smallest absolute Gasteiger partial charge is 0.279 e. The number of hydrogen-bond acceptors (Lipinski definition) is 4. The Morgan fingerprint density at radius 1 is 0.600 bits per heavy atom. The highest BCUT2D eigenvalue weighted by Gasteiger charge is 2.63. The summed E-state index contributed by atoms with van der Waals surface area (Å²) < 4.78 is 7.32. The van der Waals surface area contributed by atoms with Gasteiger partial charge in [-0.25, -0.2) is 4.98 Å². The first-order valence-electron chi connectivity index (χ1n) is 22.9. The Hall–Kier alpha value is -4.25. The van der Waals surface area contributed by atoms with Gasteiger partial charge < -0.3 is 9.32 Å². The largest absolute Gasteiger partial charge is 0.420 e.